The Bertz CT molecular complexity index is 641. The van der Waals surface area contributed by atoms with Gasteiger partial charge in [-0.3, -0.25) is 9.78 Å². The summed E-state index contributed by atoms with van der Waals surface area (Å²) in [6.07, 6.45) is -0.630. The standard InChI is InChI=1S/C13H16N2O4/c1-7(2)10(16)6-12(17)14-8-3-4-11-9(5-8)15-13(18)19-11/h3-5,7,10,16H,6H2,1-2H3,(H,14,17)(H,15,18). The number of aromatic amines is 1. The van der Waals surface area contributed by atoms with Gasteiger partial charge in [0.1, 0.15) is 0 Å². The Morgan fingerprint density at radius 2 is 2.21 bits per heavy atom. The van der Waals surface area contributed by atoms with Crippen LogP contribution in [0.15, 0.2) is 27.4 Å². The fourth-order valence-electron chi connectivity index (χ4n) is 1.67. The lowest BCUT2D eigenvalue weighted by atomic mass is 10.0. The average molecular weight is 264 g/mol. The summed E-state index contributed by atoms with van der Waals surface area (Å²) in [4.78, 5) is 25.2. The van der Waals surface area contributed by atoms with Gasteiger partial charge in [0.05, 0.1) is 18.0 Å². The van der Waals surface area contributed by atoms with Gasteiger partial charge in [0.2, 0.25) is 5.91 Å². The second-order valence-electron chi connectivity index (χ2n) is 4.79. The second-order valence-corrected chi connectivity index (χ2v) is 4.79. The van der Waals surface area contributed by atoms with E-state index in [1.807, 2.05) is 13.8 Å². The van der Waals surface area contributed by atoms with Crippen LogP contribution in [0.4, 0.5) is 5.69 Å². The summed E-state index contributed by atoms with van der Waals surface area (Å²) < 4.78 is 4.86. The van der Waals surface area contributed by atoms with Crippen LogP contribution in [0.3, 0.4) is 0 Å². The maximum atomic E-state index is 11.7. The predicted molar refractivity (Wildman–Crippen MR) is 70.9 cm³/mol. The van der Waals surface area contributed by atoms with Crippen molar-refractivity contribution >= 4 is 22.7 Å². The van der Waals surface area contributed by atoms with Gasteiger partial charge in [0, 0.05) is 5.69 Å². The number of nitrogens with one attached hydrogen (secondary N) is 2. The van der Waals surface area contributed by atoms with Crippen molar-refractivity contribution in [3.8, 4) is 0 Å². The minimum absolute atomic E-state index is 0.0264. The molecular formula is C13H16N2O4. The third-order valence-electron chi connectivity index (χ3n) is 2.87. The van der Waals surface area contributed by atoms with Crippen molar-refractivity contribution in [1.29, 1.82) is 0 Å². The van der Waals surface area contributed by atoms with Crippen molar-refractivity contribution < 1.29 is 14.3 Å². The monoisotopic (exact) mass is 264 g/mol. The number of fused-ring (bicyclic) bond motifs is 1. The lowest BCUT2D eigenvalue weighted by molar-refractivity contribution is -0.118. The number of amides is 1. The molecule has 1 atom stereocenters. The third-order valence-corrected chi connectivity index (χ3v) is 2.87. The van der Waals surface area contributed by atoms with Crippen LogP contribution in [-0.2, 0) is 4.79 Å². The molecule has 0 spiro atoms. The number of oxazole rings is 1. The molecule has 1 aromatic heterocycles. The Balaban J connectivity index is 2.08. The number of benzene rings is 1. The van der Waals surface area contributed by atoms with Gasteiger partial charge in [-0.1, -0.05) is 13.8 Å². The van der Waals surface area contributed by atoms with Gasteiger partial charge in [-0.2, -0.15) is 0 Å². The molecule has 3 N–H and O–H groups in total. The van der Waals surface area contributed by atoms with Gasteiger partial charge in [-0.25, -0.2) is 4.79 Å². The molecule has 1 unspecified atom stereocenters. The lowest BCUT2D eigenvalue weighted by Gasteiger charge is -2.13. The van der Waals surface area contributed by atoms with Crippen LogP contribution in [0.1, 0.15) is 20.3 Å². The Kier molecular flexibility index (Phi) is 3.71. The lowest BCUT2D eigenvalue weighted by Crippen LogP contribution is -2.23. The zero-order chi connectivity index (χ0) is 14.0. The summed E-state index contributed by atoms with van der Waals surface area (Å²) >= 11 is 0. The van der Waals surface area contributed by atoms with Gasteiger partial charge >= 0.3 is 5.76 Å². The first-order valence-corrected chi connectivity index (χ1v) is 6.06. The van der Waals surface area contributed by atoms with Crippen molar-refractivity contribution in [3.05, 3.63) is 28.7 Å². The minimum atomic E-state index is -0.669. The van der Waals surface area contributed by atoms with E-state index in [-0.39, 0.29) is 18.2 Å². The van der Waals surface area contributed by atoms with E-state index in [4.69, 9.17) is 4.42 Å². The Morgan fingerprint density at radius 1 is 1.47 bits per heavy atom. The number of rotatable bonds is 4. The van der Waals surface area contributed by atoms with Crippen LogP contribution < -0.4 is 11.1 Å². The Labute approximate surface area is 109 Å². The number of carbonyl (C=O) groups excluding carboxylic acids is 1. The van der Waals surface area contributed by atoms with E-state index in [1.54, 1.807) is 18.2 Å². The fraction of sp³-hybridized carbons (Fsp3) is 0.385. The van der Waals surface area contributed by atoms with E-state index in [9.17, 15) is 14.7 Å². The zero-order valence-electron chi connectivity index (χ0n) is 10.8. The number of aliphatic hydroxyl groups is 1. The third kappa shape index (κ3) is 3.23. The van der Waals surface area contributed by atoms with Gasteiger partial charge < -0.3 is 14.8 Å². The minimum Gasteiger partial charge on any atom is -0.408 e. The van der Waals surface area contributed by atoms with Crippen LogP contribution in [0, 0.1) is 5.92 Å². The Morgan fingerprint density at radius 3 is 2.89 bits per heavy atom. The first-order chi connectivity index (χ1) is 8.95. The van der Waals surface area contributed by atoms with E-state index in [0.29, 0.717) is 16.8 Å². The molecule has 6 nitrogen and oxygen atoms in total. The van der Waals surface area contributed by atoms with Gasteiger partial charge in [-0.15, -0.1) is 0 Å². The fourth-order valence-corrected chi connectivity index (χ4v) is 1.67. The van der Waals surface area contributed by atoms with Gasteiger partial charge in [0.25, 0.3) is 0 Å². The summed E-state index contributed by atoms with van der Waals surface area (Å²) in [6.45, 7) is 3.69. The first-order valence-electron chi connectivity index (χ1n) is 6.06. The first kappa shape index (κ1) is 13.4. The van der Waals surface area contributed by atoms with Crippen molar-refractivity contribution in [2.75, 3.05) is 5.32 Å². The van der Waals surface area contributed by atoms with Gasteiger partial charge in [0.15, 0.2) is 5.58 Å². The van der Waals surface area contributed by atoms with E-state index in [1.165, 1.54) is 0 Å². The maximum absolute atomic E-state index is 11.7. The molecule has 0 aliphatic heterocycles. The van der Waals surface area contributed by atoms with Crippen LogP contribution in [0.2, 0.25) is 0 Å². The highest BCUT2D eigenvalue weighted by atomic mass is 16.4. The summed E-state index contributed by atoms with van der Waals surface area (Å²) in [5.74, 6) is -0.779. The van der Waals surface area contributed by atoms with Crippen LogP contribution in [-0.4, -0.2) is 22.1 Å². The maximum Gasteiger partial charge on any atom is 0.417 e. The number of H-pyrrole nitrogens is 1. The molecule has 2 rings (SSSR count). The summed E-state index contributed by atoms with van der Waals surface area (Å²) in [6, 6.07) is 4.85. The highest BCUT2D eigenvalue weighted by Gasteiger charge is 2.14. The molecule has 0 fully saturated rings. The molecule has 0 aliphatic carbocycles. The molecule has 19 heavy (non-hydrogen) atoms. The van der Waals surface area contributed by atoms with Crippen LogP contribution in [0.25, 0.3) is 11.1 Å². The van der Waals surface area contributed by atoms with E-state index in [2.05, 4.69) is 10.3 Å². The van der Waals surface area contributed by atoms with Crippen LogP contribution in [0.5, 0.6) is 0 Å². The number of carbonyl (C=O) groups is 1. The molecular weight excluding hydrogens is 248 g/mol. The number of anilines is 1. The molecule has 0 radical (unpaired) electrons. The number of hydrogen-bond acceptors (Lipinski definition) is 4. The van der Waals surface area contributed by atoms with Crippen molar-refractivity contribution in [2.45, 2.75) is 26.4 Å². The van der Waals surface area contributed by atoms with Crippen molar-refractivity contribution in [3.63, 3.8) is 0 Å². The molecule has 1 amide bonds. The van der Waals surface area contributed by atoms with E-state index in [0.717, 1.165) is 0 Å². The highest BCUT2D eigenvalue weighted by Crippen LogP contribution is 2.16. The molecule has 2 aromatic rings. The molecule has 0 saturated heterocycles. The van der Waals surface area contributed by atoms with E-state index >= 15 is 0 Å². The van der Waals surface area contributed by atoms with E-state index < -0.39 is 11.9 Å². The largest absolute Gasteiger partial charge is 0.417 e. The molecule has 102 valence electrons. The smallest absolute Gasteiger partial charge is 0.408 e. The normalized spacial score (nSPS) is 12.8. The number of aromatic nitrogens is 1. The summed E-state index contributed by atoms with van der Waals surface area (Å²) in [5, 5.41) is 12.3. The summed E-state index contributed by atoms with van der Waals surface area (Å²) in [5.41, 5.74) is 1.50. The molecule has 6 heteroatoms. The zero-order valence-corrected chi connectivity index (χ0v) is 10.8. The molecule has 0 aliphatic rings. The molecule has 1 heterocycles. The molecule has 0 bridgehead atoms. The average Bonchev–Trinajstić information content (AvgIpc) is 2.68. The second kappa shape index (κ2) is 5.27. The summed E-state index contributed by atoms with van der Waals surface area (Å²) in [7, 11) is 0. The highest BCUT2D eigenvalue weighted by molar-refractivity contribution is 5.92. The van der Waals surface area contributed by atoms with Crippen molar-refractivity contribution in [2.24, 2.45) is 5.92 Å². The topological polar surface area (TPSA) is 95.3 Å². The predicted octanol–water partition coefficient (Wildman–Crippen LogP) is 1.47. The number of aliphatic hydroxyl groups excluding tert-OH is 1. The van der Waals surface area contributed by atoms with Gasteiger partial charge in [-0.05, 0) is 24.1 Å². The molecule has 0 saturated carbocycles. The quantitative estimate of drug-likeness (QED) is 0.779. The number of hydrogen-bond donors (Lipinski definition) is 3. The SMILES string of the molecule is CC(C)C(O)CC(=O)Nc1ccc2oc(=O)[nH]c2c1. The van der Waals surface area contributed by atoms with Crippen molar-refractivity contribution in [1.82, 2.24) is 4.98 Å². The van der Waals surface area contributed by atoms with Crippen LogP contribution >= 0.6 is 0 Å². The Hall–Kier alpha value is -2.08. The molecule has 1 aromatic carbocycles.